The van der Waals surface area contributed by atoms with Crippen LogP contribution in [0.25, 0.3) is 0 Å². The fraction of sp³-hybridized carbons (Fsp3) is 0.167. The van der Waals surface area contributed by atoms with E-state index in [1.807, 2.05) is 6.07 Å². The predicted octanol–water partition coefficient (Wildman–Crippen LogP) is 1.91. The lowest BCUT2D eigenvalue weighted by atomic mass is 10.2. The average Bonchev–Trinajstić information content (AvgIpc) is 2.17. The van der Waals surface area contributed by atoms with Crippen molar-refractivity contribution >= 4 is 11.7 Å². The summed E-state index contributed by atoms with van der Waals surface area (Å²) in [4.78, 5) is 22.3. The molecule has 1 aromatic carbocycles. The van der Waals surface area contributed by atoms with Crippen molar-refractivity contribution in [3.05, 3.63) is 47.7 Å². The molecule has 0 bridgehead atoms. The molecule has 0 saturated carbocycles. The monoisotopic (exact) mass is 203 g/mol. The minimum absolute atomic E-state index is 0.0825. The molecule has 0 aliphatic carbocycles. The van der Waals surface area contributed by atoms with Crippen LogP contribution in [0.15, 0.2) is 42.1 Å². The molecular formula is C12H13NO2. The second-order valence-corrected chi connectivity index (χ2v) is 3.26. The maximum atomic E-state index is 11.6. The van der Waals surface area contributed by atoms with Crippen LogP contribution in [-0.2, 0) is 4.79 Å². The van der Waals surface area contributed by atoms with E-state index in [9.17, 15) is 9.59 Å². The Balaban J connectivity index is 2.69. The fourth-order valence-electron chi connectivity index (χ4n) is 1.18. The molecule has 0 radical (unpaired) electrons. The molecule has 78 valence electrons. The van der Waals surface area contributed by atoms with E-state index in [0.717, 1.165) is 0 Å². The molecule has 15 heavy (non-hydrogen) atoms. The maximum absolute atomic E-state index is 11.6. The van der Waals surface area contributed by atoms with Crippen LogP contribution < -0.4 is 5.32 Å². The van der Waals surface area contributed by atoms with Gasteiger partial charge in [0.2, 0.25) is 0 Å². The molecule has 0 aromatic heterocycles. The van der Waals surface area contributed by atoms with E-state index in [0.29, 0.717) is 11.3 Å². The largest absolute Gasteiger partial charge is 0.326 e. The maximum Gasteiger partial charge on any atom is 0.255 e. The van der Waals surface area contributed by atoms with Crippen LogP contribution in [0.3, 0.4) is 0 Å². The highest BCUT2D eigenvalue weighted by Gasteiger charge is 2.04. The Bertz CT molecular complexity index is 393. The number of rotatable bonds is 3. The van der Waals surface area contributed by atoms with Gasteiger partial charge in [0, 0.05) is 11.3 Å². The fourth-order valence-corrected chi connectivity index (χ4v) is 1.18. The summed E-state index contributed by atoms with van der Waals surface area (Å²) in [6.07, 6.45) is 1.39. The van der Waals surface area contributed by atoms with E-state index in [-0.39, 0.29) is 11.7 Å². The molecule has 0 atom stereocenters. The first kappa shape index (κ1) is 11.2. The zero-order valence-electron chi connectivity index (χ0n) is 8.78. The van der Waals surface area contributed by atoms with Crippen LogP contribution in [0.5, 0.6) is 0 Å². The third-order valence-corrected chi connectivity index (χ3v) is 1.77. The van der Waals surface area contributed by atoms with Crippen molar-refractivity contribution in [2.45, 2.75) is 13.8 Å². The van der Waals surface area contributed by atoms with Crippen LogP contribution in [-0.4, -0.2) is 11.7 Å². The van der Waals surface area contributed by atoms with Crippen LogP contribution in [0, 0.1) is 0 Å². The lowest BCUT2D eigenvalue weighted by Crippen LogP contribution is -2.21. The Morgan fingerprint density at radius 3 is 2.27 bits per heavy atom. The van der Waals surface area contributed by atoms with Gasteiger partial charge in [-0.2, -0.15) is 0 Å². The van der Waals surface area contributed by atoms with Gasteiger partial charge in [-0.3, -0.25) is 9.59 Å². The smallest absolute Gasteiger partial charge is 0.255 e. The topological polar surface area (TPSA) is 46.2 Å². The van der Waals surface area contributed by atoms with Gasteiger partial charge in [0.05, 0.1) is 0 Å². The highest BCUT2D eigenvalue weighted by atomic mass is 16.1. The second kappa shape index (κ2) is 5.10. The number of nitrogens with one attached hydrogen (secondary N) is 1. The van der Waals surface area contributed by atoms with Crippen molar-refractivity contribution in [1.29, 1.82) is 0 Å². The van der Waals surface area contributed by atoms with Crippen LogP contribution >= 0.6 is 0 Å². The van der Waals surface area contributed by atoms with Gasteiger partial charge < -0.3 is 5.32 Å². The first-order valence-corrected chi connectivity index (χ1v) is 4.65. The Labute approximate surface area is 88.8 Å². The van der Waals surface area contributed by atoms with Crippen molar-refractivity contribution in [1.82, 2.24) is 5.32 Å². The number of amides is 1. The van der Waals surface area contributed by atoms with Gasteiger partial charge in [-0.05, 0) is 32.1 Å². The molecule has 1 aromatic rings. The molecule has 0 saturated heterocycles. The van der Waals surface area contributed by atoms with E-state index in [2.05, 4.69) is 5.32 Å². The number of ketones is 1. The minimum Gasteiger partial charge on any atom is -0.326 e. The molecule has 3 nitrogen and oxygen atoms in total. The van der Waals surface area contributed by atoms with E-state index in [1.165, 1.54) is 13.0 Å². The summed E-state index contributed by atoms with van der Waals surface area (Å²) in [6, 6.07) is 8.86. The van der Waals surface area contributed by atoms with Crippen molar-refractivity contribution in [2.75, 3.05) is 0 Å². The van der Waals surface area contributed by atoms with Crippen molar-refractivity contribution in [3.63, 3.8) is 0 Å². The number of allylic oxidation sites excluding steroid dienone is 2. The Hall–Kier alpha value is -1.90. The van der Waals surface area contributed by atoms with E-state index >= 15 is 0 Å². The van der Waals surface area contributed by atoms with Crippen LogP contribution in [0.4, 0.5) is 0 Å². The highest BCUT2D eigenvalue weighted by molar-refractivity contribution is 5.96. The molecule has 0 aliphatic heterocycles. The number of carbonyl (C=O) groups excluding carboxylic acids is 2. The van der Waals surface area contributed by atoms with Crippen LogP contribution in [0.1, 0.15) is 24.2 Å². The lowest BCUT2D eigenvalue weighted by molar-refractivity contribution is -0.112. The minimum atomic E-state index is -0.203. The normalized spacial score (nSPS) is 10.9. The molecule has 1 N–H and O–H groups in total. The third-order valence-electron chi connectivity index (χ3n) is 1.77. The Kier molecular flexibility index (Phi) is 3.80. The van der Waals surface area contributed by atoms with E-state index in [1.54, 1.807) is 31.2 Å². The summed E-state index contributed by atoms with van der Waals surface area (Å²) in [7, 11) is 0. The lowest BCUT2D eigenvalue weighted by Gasteiger charge is -2.04. The molecule has 0 fully saturated rings. The van der Waals surface area contributed by atoms with E-state index in [4.69, 9.17) is 0 Å². The molecule has 3 heteroatoms. The van der Waals surface area contributed by atoms with Crippen LogP contribution in [0.2, 0.25) is 0 Å². The molecule has 0 spiro atoms. The van der Waals surface area contributed by atoms with Crippen molar-refractivity contribution in [3.8, 4) is 0 Å². The van der Waals surface area contributed by atoms with Crippen molar-refractivity contribution < 1.29 is 9.59 Å². The summed E-state index contributed by atoms with van der Waals surface area (Å²) >= 11 is 0. The third kappa shape index (κ3) is 3.77. The second-order valence-electron chi connectivity index (χ2n) is 3.26. The number of benzene rings is 1. The molecule has 0 heterocycles. The molecule has 0 unspecified atom stereocenters. The van der Waals surface area contributed by atoms with Gasteiger partial charge in [0.15, 0.2) is 5.78 Å². The predicted molar refractivity (Wildman–Crippen MR) is 58.3 cm³/mol. The molecule has 0 aliphatic rings. The number of carbonyl (C=O) groups is 2. The zero-order chi connectivity index (χ0) is 11.3. The first-order valence-electron chi connectivity index (χ1n) is 4.65. The highest BCUT2D eigenvalue weighted by Crippen LogP contribution is 1.99. The number of hydrogen-bond acceptors (Lipinski definition) is 2. The average molecular weight is 203 g/mol. The van der Waals surface area contributed by atoms with Crippen molar-refractivity contribution in [2.24, 2.45) is 0 Å². The SMILES string of the molecule is CC(=O)C=C(C)NC(=O)c1ccccc1. The van der Waals surface area contributed by atoms with Gasteiger partial charge in [0.1, 0.15) is 0 Å². The Morgan fingerprint density at radius 1 is 1.13 bits per heavy atom. The van der Waals surface area contributed by atoms with Gasteiger partial charge in [0.25, 0.3) is 5.91 Å². The summed E-state index contributed by atoms with van der Waals surface area (Å²) in [5.41, 5.74) is 1.13. The summed E-state index contributed by atoms with van der Waals surface area (Å²) in [6.45, 7) is 3.13. The van der Waals surface area contributed by atoms with Gasteiger partial charge >= 0.3 is 0 Å². The molecule has 1 rings (SSSR count). The summed E-state index contributed by atoms with van der Waals surface area (Å²) in [5.74, 6) is -0.286. The van der Waals surface area contributed by atoms with E-state index < -0.39 is 0 Å². The zero-order valence-corrected chi connectivity index (χ0v) is 8.78. The van der Waals surface area contributed by atoms with Gasteiger partial charge in [-0.25, -0.2) is 0 Å². The molecular weight excluding hydrogens is 190 g/mol. The first-order chi connectivity index (χ1) is 7.09. The van der Waals surface area contributed by atoms with Gasteiger partial charge in [-0.1, -0.05) is 18.2 Å². The van der Waals surface area contributed by atoms with Gasteiger partial charge in [-0.15, -0.1) is 0 Å². The quantitative estimate of drug-likeness (QED) is 0.763. The summed E-state index contributed by atoms with van der Waals surface area (Å²) in [5, 5.41) is 2.63. The summed E-state index contributed by atoms with van der Waals surface area (Å²) < 4.78 is 0. The standard InChI is InChI=1S/C12H13NO2/c1-9(8-10(2)14)13-12(15)11-6-4-3-5-7-11/h3-8H,1-2H3,(H,13,15). The molecule has 1 amide bonds. The number of hydrogen-bond donors (Lipinski definition) is 1. The Morgan fingerprint density at radius 2 is 1.73 bits per heavy atom.